The molecule has 1 amide bonds. The summed E-state index contributed by atoms with van der Waals surface area (Å²) in [6.07, 6.45) is 2.86. The Hall–Kier alpha value is -2.53. The van der Waals surface area contributed by atoms with E-state index in [-0.39, 0.29) is 23.3 Å². The standard InChI is InChI=1S/C27H33F4N3O3S/c1-16-12-25(34(17(16)2)38(36,37)22-10-8-20(28)9-11-22)26(35)33-14-21-13-23(24(29)15-32-21)18-4-6-19(7-5-18)27(3,30)31/h8-11,13,15-19,25H,4-7,12,14H2,1-3H3,(H,33,35)/t16-,17+,18-,19-,25+/m1/s1. The molecule has 1 saturated heterocycles. The van der Waals surface area contributed by atoms with Crippen molar-refractivity contribution in [3.8, 4) is 0 Å². The van der Waals surface area contributed by atoms with Gasteiger partial charge in [0.15, 0.2) is 0 Å². The van der Waals surface area contributed by atoms with Crippen LogP contribution in [0.3, 0.4) is 0 Å². The number of halogens is 4. The number of nitrogens with zero attached hydrogens (tertiary/aromatic N) is 2. The maximum absolute atomic E-state index is 14.6. The summed E-state index contributed by atoms with van der Waals surface area (Å²) >= 11 is 0. The number of alkyl halides is 2. The van der Waals surface area contributed by atoms with Gasteiger partial charge in [-0.2, -0.15) is 4.31 Å². The van der Waals surface area contributed by atoms with Gasteiger partial charge in [-0.1, -0.05) is 6.92 Å². The van der Waals surface area contributed by atoms with Gasteiger partial charge in [0.1, 0.15) is 17.7 Å². The molecule has 6 nitrogen and oxygen atoms in total. The highest BCUT2D eigenvalue weighted by molar-refractivity contribution is 7.89. The molecular formula is C27H33F4N3O3S. The molecular weight excluding hydrogens is 522 g/mol. The fraction of sp³-hybridized carbons (Fsp3) is 0.556. The average Bonchev–Trinajstić information content (AvgIpc) is 3.18. The number of amides is 1. The maximum atomic E-state index is 14.6. The summed E-state index contributed by atoms with van der Waals surface area (Å²) in [5, 5.41) is 2.73. The number of sulfonamides is 1. The maximum Gasteiger partial charge on any atom is 0.248 e. The number of hydrogen-bond donors (Lipinski definition) is 1. The molecule has 208 valence electrons. The van der Waals surface area contributed by atoms with E-state index in [1.807, 2.05) is 6.92 Å². The normalized spacial score (nSPS) is 26.9. The van der Waals surface area contributed by atoms with E-state index < -0.39 is 51.5 Å². The van der Waals surface area contributed by atoms with Gasteiger partial charge in [0.05, 0.1) is 23.3 Å². The second-order valence-electron chi connectivity index (χ2n) is 10.7. The number of nitrogens with one attached hydrogen (secondary N) is 1. The van der Waals surface area contributed by atoms with Crippen molar-refractivity contribution in [2.24, 2.45) is 11.8 Å². The smallest absolute Gasteiger partial charge is 0.248 e. The minimum absolute atomic E-state index is 0.0435. The van der Waals surface area contributed by atoms with E-state index in [1.165, 1.54) is 16.4 Å². The van der Waals surface area contributed by atoms with Gasteiger partial charge in [0.25, 0.3) is 0 Å². The van der Waals surface area contributed by atoms with Crippen LogP contribution in [0, 0.1) is 23.5 Å². The number of carbonyl (C=O) groups is 1. The molecule has 11 heteroatoms. The lowest BCUT2D eigenvalue weighted by Gasteiger charge is -2.32. The van der Waals surface area contributed by atoms with E-state index >= 15 is 0 Å². The zero-order valence-electron chi connectivity index (χ0n) is 21.6. The van der Waals surface area contributed by atoms with Crippen LogP contribution in [0.25, 0.3) is 0 Å². The van der Waals surface area contributed by atoms with E-state index in [2.05, 4.69) is 10.3 Å². The molecule has 2 aromatic rings. The molecule has 4 rings (SSSR count). The van der Waals surface area contributed by atoms with Gasteiger partial charge in [0, 0.05) is 12.0 Å². The zero-order chi connectivity index (χ0) is 27.8. The molecule has 2 heterocycles. The fourth-order valence-corrected chi connectivity index (χ4v) is 7.53. The van der Waals surface area contributed by atoms with Gasteiger partial charge < -0.3 is 5.32 Å². The van der Waals surface area contributed by atoms with Crippen LogP contribution in [0.4, 0.5) is 17.6 Å². The first-order valence-corrected chi connectivity index (χ1v) is 14.3. The Kier molecular flexibility index (Phi) is 8.18. The van der Waals surface area contributed by atoms with Crippen LogP contribution in [-0.4, -0.2) is 41.6 Å². The van der Waals surface area contributed by atoms with Crippen LogP contribution < -0.4 is 5.32 Å². The molecule has 38 heavy (non-hydrogen) atoms. The lowest BCUT2D eigenvalue weighted by atomic mass is 9.76. The SMILES string of the molecule is C[C@@H]1C[C@@H](C(=O)NCc2cc([C@H]3CC[C@H](C(C)(F)F)CC3)c(F)cn2)N(S(=O)(=O)c2ccc(F)cc2)[C@H]1C. The Labute approximate surface area is 220 Å². The molecule has 2 aliphatic rings. The molecule has 1 aromatic heterocycles. The molecule has 1 aliphatic carbocycles. The Morgan fingerprint density at radius 1 is 1.11 bits per heavy atom. The van der Waals surface area contributed by atoms with Crippen LogP contribution in [0.5, 0.6) is 0 Å². The van der Waals surface area contributed by atoms with Crippen LogP contribution in [0.1, 0.15) is 70.1 Å². The molecule has 2 fully saturated rings. The lowest BCUT2D eigenvalue weighted by Crippen LogP contribution is -2.48. The minimum atomic E-state index is -4.07. The summed E-state index contributed by atoms with van der Waals surface area (Å²) in [7, 11) is -4.07. The fourth-order valence-electron chi connectivity index (χ4n) is 5.64. The van der Waals surface area contributed by atoms with E-state index in [0.717, 1.165) is 25.3 Å². The molecule has 0 spiro atoms. The van der Waals surface area contributed by atoms with Gasteiger partial charge in [-0.15, -0.1) is 0 Å². The lowest BCUT2D eigenvalue weighted by molar-refractivity contribution is -0.124. The molecule has 0 bridgehead atoms. The zero-order valence-corrected chi connectivity index (χ0v) is 22.4. The van der Waals surface area contributed by atoms with Crippen molar-refractivity contribution >= 4 is 15.9 Å². The van der Waals surface area contributed by atoms with Crippen LogP contribution >= 0.6 is 0 Å². The molecule has 1 aromatic carbocycles. The quantitative estimate of drug-likeness (QED) is 0.465. The van der Waals surface area contributed by atoms with Gasteiger partial charge in [-0.25, -0.2) is 26.0 Å². The topological polar surface area (TPSA) is 79.4 Å². The number of pyridine rings is 1. The van der Waals surface area contributed by atoms with Crippen LogP contribution in [0.15, 0.2) is 41.4 Å². The third kappa shape index (κ3) is 5.88. The first-order chi connectivity index (χ1) is 17.8. The second-order valence-corrected chi connectivity index (χ2v) is 12.5. The third-order valence-electron chi connectivity index (χ3n) is 8.09. The van der Waals surface area contributed by atoms with Gasteiger partial charge in [-0.3, -0.25) is 9.78 Å². The number of benzene rings is 1. The highest BCUT2D eigenvalue weighted by Gasteiger charge is 2.47. The molecule has 1 saturated carbocycles. The van der Waals surface area contributed by atoms with Gasteiger partial charge in [0.2, 0.25) is 21.9 Å². The van der Waals surface area contributed by atoms with Crippen molar-refractivity contribution in [2.75, 3.05) is 0 Å². The Balaban J connectivity index is 1.46. The summed E-state index contributed by atoms with van der Waals surface area (Å²) in [6.45, 7) is 4.47. The van der Waals surface area contributed by atoms with E-state index in [0.29, 0.717) is 43.4 Å². The second kappa shape index (κ2) is 10.9. The average molecular weight is 556 g/mol. The molecule has 1 aliphatic heterocycles. The van der Waals surface area contributed by atoms with E-state index in [1.54, 1.807) is 13.0 Å². The molecule has 0 unspecified atom stereocenters. The van der Waals surface area contributed by atoms with Crippen molar-refractivity contribution in [3.63, 3.8) is 0 Å². The Bertz CT molecular complexity index is 1260. The van der Waals surface area contributed by atoms with Gasteiger partial charge >= 0.3 is 0 Å². The first-order valence-electron chi connectivity index (χ1n) is 12.9. The van der Waals surface area contributed by atoms with Crippen molar-refractivity contribution in [3.05, 3.63) is 59.4 Å². The summed E-state index contributed by atoms with van der Waals surface area (Å²) in [5.41, 5.74) is 0.787. The highest BCUT2D eigenvalue weighted by Crippen LogP contribution is 2.42. The predicted octanol–water partition coefficient (Wildman–Crippen LogP) is 5.39. The summed E-state index contributed by atoms with van der Waals surface area (Å²) in [4.78, 5) is 17.1. The largest absolute Gasteiger partial charge is 0.349 e. The van der Waals surface area contributed by atoms with Crippen molar-refractivity contribution in [1.29, 1.82) is 0 Å². The summed E-state index contributed by atoms with van der Waals surface area (Å²) in [5.74, 6) is -5.37. The van der Waals surface area contributed by atoms with Gasteiger partial charge in [-0.05, 0) is 93.7 Å². The minimum Gasteiger partial charge on any atom is -0.349 e. The number of hydrogen-bond acceptors (Lipinski definition) is 4. The summed E-state index contributed by atoms with van der Waals surface area (Å²) in [6, 6.07) is 4.59. The monoisotopic (exact) mass is 555 g/mol. The van der Waals surface area contributed by atoms with Crippen molar-refractivity contribution < 1.29 is 30.8 Å². The number of carbonyl (C=O) groups excluding carboxylic acids is 1. The Morgan fingerprint density at radius 3 is 2.34 bits per heavy atom. The van der Waals surface area contributed by atoms with E-state index in [4.69, 9.17) is 0 Å². The molecule has 0 radical (unpaired) electrons. The Morgan fingerprint density at radius 2 is 1.74 bits per heavy atom. The van der Waals surface area contributed by atoms with Crippen LogP contribution in [-0.2, 0) is 21.4 Å². The number of rotatable bonds is 7. The highest BCUT2D eigenvalue weighted by atomic mass is 32.2. The van der Waals surface area contributed by atoms with Crippen molar-refractivity contribution in [2.45, 2.75) is 88.2 Å². The molecule has 3 atom stereocenters. The number of aromatic nitrogens is 1. The summed E-state index contributed by atoms with van der Waals surface area (Å²) < 4.78 is 83.2. The predicted molar refractivity (Wildman–Crippen MR) is 134 cm³/mol. The molecule has 1 N–H and O–H groups in total. The first kappa shape index (κ1) is 28.5. The van der Waals surface area contributed by atoms with Crippen LogP contribution in [0.2, 0.25) is 0 Å². The third-order valence-corrected chi connectivity index (χ3v) is 10.1. The van der Waals surface area contributed by atoms with E-state index in [9.17, 15) is 30.8 Å². The van der Waals surface area contributed by atoms with Crippen molar-refractivity contribution in [1.82, 2.24) is 14.6 Å².